The Kier molecular flexibility index (Phi) is 5.58. The van der Waals surface area contributed by atoms with Gasteiger partial charge in [-0.1, -0.05) is 0 Å². The van der Waals surface area contributed by atoms with Crippen LogP contribution in [0.2, 0.25) is 0 Å². The summed E-state index contributed by atoms with van der Waals surface area (Å²) in [5.74, 6) is -0.222. The molecule has 2 N–H and O–H groups in total. The number of piperidine rings is 1. The lowest BCUT2D eigenvalue weighted by molar-refractivity contribution is 0.0581. The van der Waals surface area contributed by atoms with E-state index in [9.17, 15) is 14.7 Å². The molecule has 1 aliphatic rings. The number of rotatable bonds is 5. The maximum Gasteiger partial charge on any atom is 0.253 e. The summed E-state index contributed by atoms with van der Waals surface area (Å²) in [6.45, 7) is 1.03. The second kappa shape index (κ2) is 8.05. The summed E-state index contributed by atoms with van der Waals surface area (Å²) in [6.07, 6.45) is 8.00. The topological polar surface area (TPSA) is 95.4 Å². The lowest BCUT2D eigenvalue weighted by Crippen LogP contribution is -2.56. The number of hydrogen-bond acceptors (Lipinski definition) is 5. The fraction of sp³-hybridized carbons (Fsp3) is 0.368. The third-order valence-corrected chi connectivity index (χ3v) is 4.85. The molecule has 0 aliphatic carbocycles. The molecule has 1 aliphatic heterocycles. The van der Waals surface area contributed by atoms with E-state index in [2.05, 4.69) is 15.3 Å². The molecule has 0 bridgehead atoms. The van der Waals surface area contributed by atoms with Gasteiger partial charge in [0.05, 0.1) is 0 Å². The average molecular weight is 354 g/mol. The van der Waals surface area contributed by atoms with E-state index in [1.807, 2.05) is 0 Å². The molecule has 7 nitrogen and oxygen atoms in total. The number of nitrogens with zero attached hydrogens (tertiary/aromatic N) is 3. The molecule has 7 heteroatoms. The first-order chi connectivity index (χ1) is 12.6. The molecule has 1 fully saturated rings. The predicted molar refractivity (Wildman–Crippen MR) is 95.5 cm³/mol. The number of nitrogens with one attached hydrogen (secondary N) is 1. The van der Waals surface area contributed by atoms with Crippen molar-refractivity contribution < 1.29 is 14.7 Å². The maximum absolute atomic E-state index is 12.6. The lowest BCUT2D eigenvalue weighted by Gasteiger charge is -2.42. The Bertz CT molecular complexity index is 744. The number of likely N-dealkylation sites (tertiary alicyclic amines) is 1. The number of pyridine rings is 2. The molecule has 0 atom stereocenters. The van der Waals surface area contributed by atoms with E-state index in [0.29, 0.717) is 43.5 Å². The summed E-state index contributed by atoms with van der Waals surface area (Å²) < 4.78 is 0. The van der Waals surface area contributed by atoms with Crippen molar-refractivity contribution in [2.75, 3.05) is 19.7 Å². The van der Waals surface area contributed by atoms with E-state index in [-0.39, 0.29) is 18.4 Å². The quantitative estimate of drug-likeness (QED) is 0.843. The zero-order valence-corrected chi connectivity index (χ0v) is 14.5. The zero-order chi connectivity index (χ0) is 18.4. The first-order valence-electron chi connectivity index (χ1n) is 8.66. The van der Waals surface area contributed by atoms with E-state index in [0.717, 1.165) is 0 Å². The molecule has 3 rings (SSSR count). The molecule has 26 heavy (non-hydrogen) atoms. The average Bonchev–Trinajstić information content (AvgIpc) is 2.69. The largest absolute Gasteiger partial charge is 0.396 e. The van der Waals surface area contributed by atoms with E-state index in [1.165, 1.54) is 0 Å². The van der Waals surface area contributed by atoms with Crippen molar-refractivity contribution in [3.05, 3.63) is 60.2 Å². The highest BCUT2D eigenvalue weighted by Gasteiger charge is 2.37. The summed E-state index contributed by atoms with van der Waals surface area (Å²) in [4.78, 5) is 34.7. The Labute approximate surface area is 152 Å². The van der Waals surface area contributed by atoms with Crippen LogP contribution in [0.4, 0.5) is 0 Å². The van der Waals surface area contributed by atoms with Gasteiger partial charge in [0.15, 0.2) is 0 Å². The number of aliphatic hydroxyl groups excluding tert-OH is 1. The highest BCUT2D eigenvalue weighted by molar-refractivity contribution is 5.95. The van der Waals surface area contributed by atoms with Crippen molar-refractivity contribution in [1.82, 2.24) is 20.2 Å². The van der Waals surface area contributed by atoms with Gasteiger partial charge < -0.3 is 15.3 Å². The fourth-order valence-electron chi connectivity index (χ4n) is 3.28. The van der Waals surface area contributed by atoms with Gasteiger partial charge in [0.25, 0.3) is 11.8 Å². The van der Waals surface area contributed by atoms with Crippen LogP contribution in [0.3, 0.4) is 0 Å². The molecule has 2 amide bonds. The van der Waals surface area contributed by atoms with Gasteiger partial charge in [-0.2, -0.15) is 0 Å². The minimum absolute atomic E-state index is 0.0189. The van der Waals surface area contributed by atoms with Gasteiger partial charge in [-0.05, 0) is 43.5 Å². The summed E-state index contributed by atoms with van der Waals surface area (Å²) in [7, 11) is 0. The molecule has 0 saturated carbocycles. The number of aromatic nitrogens is 2. The van der Waals surface area contributed by atoms with Crippen LogP contribution < -0.4 is 5.32 Å². The Morgan fingerprint density at radius 2 is 1.54 bits per heavy atom. The van der Waals surface area contributed by atoms with Gasteiger partial charge in [0.2, 0.25) is 0 Å². The maximum atomic E-state index is 12.6. The van der Waals surface area contributed by atoms with Gasteiger partial charge in [0.1, 0.15) is 0 Å². The third kappa shape index (κ3) is 4.05. The molecule has 0 radical (unpaired) electrons. The fourth-order valence-corrected chi connectivity index (χ4v) is 3.28. The van der Waals surface area contributed by atoms with Crippen molar-refractivity contribution in [3.63, 3.8) is 0 Å². The first-order valence-corrected chi connectivity index (χ1v) is 8.66. The van der Waals surface area contributed by atoms with Crippen molar-refractivity contribution in [1.29, 1.82) is 0 Å². The second-order valence-corrected chi connectivity index (χ2v) is 6.47. The molecule has 0 aromatic carbocycles. The van der Waals surface area contributed by atoms with Gasteiger partial charge in [-0.25, -0.2) is 0 Å². The van der Waals surface area contributed by atoms with Gasteiger partial charge >= 0.3 is 0 Å². The van der Waals surface area contributed by atoms with E-state index < -0.39 is 5.54 Å². The molecule has 1 saturated heterocycles. The number of carbonyl (C=O) groups is 2. The highest BCUT2D eigenvalue weighted by atomic mass is 16.3. The van der Waals surface area contributed by atoms with Crippen molar-refractivity contribution >= 4 is 11.8 Å². The molecule has 2 aromatic rings. The van der Waals surface area contributed by atoms with Crippen LogP contribution in [0, 0.1) is 0 Å². The highest BCUT2D eigenvalue weighted by Crippen LogP contribution is 2.27. The van der Waals surface area contributed by atoms with E-state index >= 15 is 0 Å². The van der Waals surface area contributed by atoms with Gasteiger partial charge in [-0.3, -0.25) is 19.6 Å². The van der Waals surface area contributed by atoms with Crippen LogP contribution >= 0.6 is 0 Å². The molecule has 0 unspecified atom stereocenters. The van der Waals surface area contributed by atoms with Crippen molar-refractivity contribution in [2.45, 2.75) is 24.8 Å². The molecule has 0 spiro atoms. The Morgan fingerprint density at radius 3 is 2.08 bits per heavy atom. The Morgan fingerprint density at radius 1 is 1.00 bits per heavy atom. The minimum Gasteiger partial charge on any atom is -0.396 e. The molecular weight excluding hydrogens is 332 g/mol. The third-order valence-electron chi connectivity index (χ3n) is 4.85. The van der Waals surface area contributed by atoms with E-state index in [4.69, 9.17) is 0 Å². The Hall–Kier alpha value is -2.80. The van der Waals surface area contributed by atoms with Gasteiger partial charge in [-0.15, -0.1) is 0 Å². The number of hydrogen-bond donors (Lipinski definition) is 2. The number of amides is 2. The monoisotopic (exact) mass is 354 g/mol. The molecule has 3 heterocycles. The van der Waals surface area contributed by atoms with E-state index in [1.54, 1.807) is 54.0 Å². The lowest BCUT2D eigenvalue weighted by atomic mass is 9.84. The second-order valence-electron chi connectivity index (χ2n) is 6.47. The summed E-state index contributed by atoms with van der Waals surface area (Å²) in [5.41, 5.74) is 0.632. The molecule has 136 valence electrons. The predicted octanol–water partition coefficient (Wildman–Crippen LogP) is 1.26. The number of carbonyl (C=O) groups excluding carboxylic acids is 2. The van der Waals surface area contributed by atoms with Crippen LogP contribution in [0.15, 0.2) is 49.1 Å². The Balaban J connectivity index is 1.67. The minimum atomic E-state index is -0.510. The van der Waals surface area contributed by atoms with Crippen LogP contribution in [0.1, 0.15) is 40.0 Å². The first kappa shape index (κ1) is 18.0. The molecule has 2 aromatic heterocycles. The molecular formula is C19H22N4O3. The summed E-state index contributed by atoms with van der Waals surface area (Å²) in [5, 5.41) is 12.5. The van der Waals surface area contributed by atoms with Crippen LogP contribution in [-0.4, -0.2) is 57.0 Å². The van der Waals surface area contributed by atoms with Crippen LogP contribution in [0.25, 0.3) is 0 Å². The van der Waals surface area contributed by atoms with Crippen molar-refractivity contribution in [3.8, 4) is 0 Å². The SMILES string of the molecule is O=C(NC1(CCO)CCN(C(=O)c2ccncc2)CC1)c1ccncc1. The van der Waals surface area contributed by atoms with Crippen molar-refractivity contribution in [2.24, 2.45) is 0 Å². The van der Waals surface area contributed by atoms with Crippen LogP contribution in [0.5, 0.6) is 0 Å². The smallest absolute Gasteiger partial charge is 0.253 e. The summed E-state index contributed by atoms with van der Waals surface area (Å²) in [6, 6.07) is 6.71. The number of aliphatic hydroxyl groups is 1. The summed E-state index contributed by atoms with van der Waals surface area (Å²) >= 11 is 0. The van der Waals surface area contributed by atoms with Crippen LogP contribution in [-0.2, 0) is 0 Å². The van der Waals surface area contributed by atoms with Gasteiger partial charge in [0, 0.05) is 61.1 Å². The standard InChI is InChI=1S/C19H22N4O3/c24-14-7-19(22-17(25)15-1-8-20-9-2-15)5-12-23(13-6-19)18(26)16-3-10-21-11-4-16/h1-4,8-11,24H,5-7,12-14H2,(H,22,25). The normalized spacial score (nSPS) is 16.1. The zero-order valence-electron chi connectivity index (χ0n) is 14.5.